The largest absolute Gasteiger partial charge is 0.401 e. The smallest absolute Gasteiger partial charge is 0.314 e. The van der Waals surface area contributed by atoms with Crippen molar-refractivity contribution in [1.29, 1.82) is 0 Å². The topological polar surface area (TPSA) is 15.3 Å². The molecule has 16 heavy (non-hydrogen) atoms. The average molecular weight is 238 g/mol. The van der Waals surface area contributed by atoms with Crippen molar-refractivity contribution in [3.05, 3.63) is 0 Å². The van der Waals surface area contributed by atoms with Crippen LogP contribution in [0.25, 0.3) is 0 Å². The van der Waals surface area contributed by atoms with Gasteiger partial charge in [-0.3, -0.25) is 4.90 Å². The molecule has 0 spiro atoms. The van der Waals surface area contributed by atoms with Gasteiger partial charge in [0.25, 0.3) is 0 Å². The van der Waals surface area contributed by atoms with Crippen LogP contribution >= 0.6 is 0 Å². The number of hydrogen-bond donors (Lipinski definition) is 1. The van der Waals surface area contributed by atoms with Gasteiger partial charge in [-0.15, -0.1) is 0 Å². The van der Waals surface area contributed by atoms with Gasteiger partial charge in [-0.1, -0.05) is 6.92 Å². The SMILES string of the molecule is CCN(CCCCNC1CC1)CC(F)(F)F. The predicted molar refractivity (Wildman–Crippen MR) is 58.4 cm³/mol. The van der Waals surface area contributed by atoms with Crippen molar-refractivity contribution in [3.63, 3.8) is 0 Å². The second-order valence-corrected chi connectivity index (χ2v) is 4.42. The Labute approximate surface area is 95.2 Å². The van der Waals surface area contributed by atoms with E-state index in [4.69, 9.17) is 0 Å². The van der Waals surface area contributed by atoms with Gasteiger partial charge in [0.1, 0.15) is 0 Å². The molecule has 0 aromatic carbocycles. The Morgan fingerprint density at radius 2 is 1.94 bits per heavy atom. The van der Waals surface area contributed by atoms with Crippen LogP contribution < -0.4 is 5.32 Å². The zero-order valence-corrected chi connectivity index (χ0v) is 9.82. The molecule has 0 atom stereocenters. The minimum Gasteiger partial charge on any atom is -0.314 e. The molecular formula is C11H21F3N2. The molecule has 1 aliphatic rings. The maximum Gasteiger partial charge on any atom is 0.401 e. The molecule has 0 aliphatic heterocycles. The van der Waals surface area contributed by atoms with E-state index in [1.807, 2.05) is 0 Å². The van der Waals surface area contributed by atoms with Gasteiger partial charge in [-0.25, -0.2) is 0 Å². The van der Waals surface area contributed by atoms with Crippen molar-refractivity contribution >= 4 is 0 Å². The number of nitrogens with one attached hydrogen (secondary N) is 1. The Balaban J connectivity index is 1.99. The summed E-state index contributed by atoms with van der Waals surface area (Å²) < 4.78 is 36.4. The fourth-order valence-corrected chi connectivity index (χ4v) is 1.66. The Bertz CT molecular complexity index is 190. The molecule has 0 radical (unpaired) electrons. The number of nitrogens with zero attached hydrogens (tertiary/aromatic N) is 1. The first-order valence-electron chi connectivity index (χ1n) is 6.04. The molecule has 0 amide bonds. The highest BCUT2D eigenvalue weighted by Crippen LogP contribution is 2.18. The van der Waals surface area contributed by atoms with Crippen molar-refractivity contribution in [2.45, 2.75) is 44.8 Å². The summed E-state index contributed by atoms with van der Waals surface area (Å²) in [5.41, 5.74) is 0. The van der Waals surface area contributed by atoms with Crippen molar-refractivity contribution in [2.75, 3.05) is 26.2 Å². The normalized spacial score (nSPS) is 17.1. The third-order valence-electron chi connectivity index (χ3n) is 2.76. The third kappa shape index (κ3) is 7.06. The molecule has 1 N–H and O–H groups in total. The molecule has 0 bridgehead atoms. The van der Waals surface area contributed by atoms with E-state index in [-0.39, 0.29) is 0 Å². The Morgan fingerprint density at radius 3 is 2.44 bits per heavy atom. The minimum atomic E-state index is -4.07. The van der Waals surface area contributed by atoms with E-state index >= 15 is 0 Å². The molecule has 0 heterocycles. The van der Waals surface area contributed by atoms with Gasteiger partial charge in [0, 0.05) is 6.04 Å². The van der Waals surface area contributed by atoms with Crippen LogP contribution in [0, 0.1) is 0 Å². The van der Waals surface area contributed by atoms with E-state index in [0.29, 0.717) is 19.1 Å². The summed E-state index contributed by atoms with van der Waals surface area (Å²) in [5, 5.41) is 3.36. The first kappa shape index (κ1) is 13.8. The summed E-state index contributed by atoms with van der Waals surface area (Å²) in [5.74, 6) is 0. The lowest BCUT2D eigenvalue weighted by atomic mass is 10.3. The molecule has 1 fully saturated rings. The molecule has 1 rings (SSSR count). The van der Waals surface area contributed by atoms with Crippen LogP contribution in [0.15, 0.2) is 0 Å². The van der Waals surface area contributed by atoms with E-state index in [1.165, 1.54) is 17.7 Å². The van der Waals surface area contributed by atoms with E-state index in [1.54, 1.807) is 6.92 Å². The third-order valence-corrected chi connectivity index (χ3v) is 2.76. The van der Waals surface area contributed by atoms with E-state index in [2.05, 4.69) is 5.32 Å². The number of rotatable bonds is 8. The summed E-state index contributed by atoms with van der Waals surface area (Å²) >= 11 is 0. The number of hydrogen-bond acceptors (Lipinski definition) is 2. The Morgan fingerprint density at radius 1 is 1.25 bits per heavy atom. The first-order valence-corrected chi connectivity index (χ1v) is 6.04. The van der Waals surface area contributed by atoms with Crippen LogP contribution in [-0.2, 0) is 0 Å². The van der Waals surface area contributed by atoms with Crippen LogP contribution in [0.3, 0.4) is 0 Å². The monoisotopic (exact) mass is 238 g/mol. The standard InChI is InChI=1S/C11H21F3N2/c1-2-16(9-11(12,13)14)8-4-3-7-15-10-5-6-10/h10,15H,2-9H2,1H3. The van der Waals surface area contributed by atoms with Gasteiger partial charge < -0.3 is 5.32 Å². The Hall–Kier alpha value is -0.290. The molecule has 1 saturated carbocycles. The zero-order chi connectivity index (χ0) is 12.0. The molecule has 96 valence electrons. The van der Waals surface area contributed by atoms with Gasteiger partial charge in [-0.05, 0) is 45.3 Å². The van der Waals surface area contributed by atoms with E-state index in [9.17, 15) is 13.2 Å². The van der Waals surface area contributed by atoms with Crippen LogP contribution in [-0.4, -0.2) is 43.3 Å². The second kappa shape index (κ2) is 6.45. The molecule has 2 nitrogen and oxygen atoms in total. The van der Waals surface area contributed by atoms with Crippen LogP contribution in [0.2, 0.25) is 0 Å². The highest BCUT2D eigenvalue weighted by Gasteiger charge is 2.29. The molecule has 5 heteroatoms. The Kier molecular flexibility index (Phi) is 5.55. The molecule has 0 aromatic rings. The van der Waals surface area contributed by atoms with Crippen LogP contribution in [0.1, 0.15) is 32.6 Å². The molecule has 0 unspecified atom stereocenters. The van der Waals surface area contributed by atoms with Crippen LogP contribution in [0.4, 0.5) is 13.2 Å². The van der Waals surface area contributed by atoms with E-state index in [0.717, 1.165) is 19.4 Å². The van der Waals surface area contributed by atoms with E-state index < -0.39 is 12.7 Å². The fourth-order valence-electron chi connectivity index (χ4n) is 1.66. The van der Waals surface area contributed by atoms with Gasteiger partial charge in [0.2, 0.25) is 0 Å². The maximum absolute atomic E-state index is 12.1. The van der Waals surface area contributed by atoms with Gasteiger partial charge in [0.15, 0.2) is 0 Å². The molecule has 0 saturated heterocycles. The summed E-state index contributed by atoms with van der Waals surface area (Å²) in [6.45, 7) is 2.94. The number of halogens is 3. The summed E-state index contributed by atoms with van der Waals surface area (Å²) in [4.78, 5) is 1.46. The average Bonchev–Trinajstić information content (AvgIpc) is 2.97. The van der Waals surface area contributed by atoms with Crippen molar-refractivity contribution < 1.29 is 13.2 Å². The lowest BCUT2D eigenvalue weighted by molar-refractivity contribution is -0.145. The van der Waals surface area contributed by atoms with Crippen LogP contribution in [0.5, 0.6) is 0 Å². The highest BCUT2D eigenvalue weighted by atomic mass is 19.4. The quantitative estimate of drug-likeness (QED) is 0.653. The maximum atomic E-state index is 12.1. The first-order chi connectivity index (χ1) is 7.51. The predicted octanol–water partition coefficient (Wildman–Crippen LogP) is 2.40. The van der Waals surface area contributed by atoms with Gasteiger partial charge >= 0.3 is 6.18 Å². The lowest BCUT2D eigenvalue weighted by Gasteiger charge is -2.21. The molecule has 1 aliphatic carbocycles. The van der Waals surface area contributed by atoms with Gasteiger partial charge in [0.05, 0.1) is 6.54 Å². The molecular weight excluding hydrogens is 217 g/mol. The summed E-state index contributed by atoms with van der Waals surface area (Å²) in [7, 11) is 0. The highest BCUT2D eigenvalue weighted by molar-refractivity contribution is 4.80. The minimum absolute atomic E-state index is 0.468. The summed E-state index contributed by atoms with van der Waals surface area (Å²) in [6.07, 6.45) is 0.251. The lowest BCUT2D eigenvalue weighted by Crippen LogP contribution is -2.35. The second-order valence-electron chi connectivity index (χ2n) is 4.42. The van der Waals surface area contributed by atoms with Crippen molar-refractivity contribution in [2.24, 2.45) is 0 Å². The number of alkyl halides is 3. The number of unbranched alkanes of at least 4 members (excludes halogenated alkanes) is 1. The van der Waals surface area contributed by atoms with Gasteiger partial charge in [-0.2, -0.15) is 13.2 Å². The zero-order valence-electron chi connectivity index (χ0n) is 9.82. The van der Waals surface area contributed by atoms with Crippen molar-refractivity contribution in [1.82, 2.24) is 10.2 Å². The summed E-state index contributed by atoms with van der Waals surface area (Å²) in [6, 6.07) is 0.692. The fraction of sp³-hybridized carbons (Fsp3) is 1.00. The van der Waals surface area contributed by atoms with Crippen molar-refractivity contribution in [3.8, 4) is 0 Å². The molecule has 0 aromatic heterocycles.